The summed E-state index contributed by atoms with van der Waals surface area (Å²) in [6.45, 7) is 20.8. The number of ether oxygens (including phenoxy) is 2. The third kappa shape index (κ3) is 21.1. The topological polar surface area (TPSA) is 214 Å². The zero-order valence-corrected chi connectivity index (χ0v) is 32.0. The van der Waals surface area contributed by atoms with Gasteiger partial charge in [-0.15, -0.1) is 0 Å². The van der Waals surface area contributed by atoms with Crippen LogP contribution < -0.4 is 31.9 Å². The van der Waals surface area contributed by atoms with E-state index in [1.165, 1.54) is 0 Å². The molecule has 0 aliphatic heterocycles. The summed E-state index contributed by atoms with van der Waals surface area (Å²) < 4.78 is 10.7. The van der Waals surface area contributed by atoms with E-state index in [1.807, 2.05) is 11.8 Å². The fourth-order valence-corrected chi connectivity index (χ4v) is 4.75. The molecule has 0 unspecified atom stereocenters. The van der Waals surface area contributed by atoms with Crippen LogP contribution >= 0.6 is 0 Å². The Balaban J connectivity index is 1.76. The zero-order chi connectivity index (χ0) is 40.1. The Morgan fingerprint density at radius 3 is 1.51 bits per heavy atom. The Labute approximate surface area is 323 Å². The molecule has 55 heavy (non-hydrogen) atoms. The van der Waals surface area contributed by atoms with Gasteiger partial charge in [0.15, 0.2) is 0 Å². The van der Waals surface area contributed by atoms with Crippen LogP contribution in [-0.4, -0.2) is 134 Å². The summed E-state index contributed by atoms with van der Waals surface area (Å²) in [4.78, 5) is 68.5. The maximum absolute atomic E-state index is 12.8. The Hall–Kier alpha value is -5.52. The predicted molar refractivity (Wildman–Crippen MR) is 216 cm³/mol. The van der Waals surface area contributed by atoms with Crippen molar-refractivity contribution in [2.24, 2.45) is 0 Å². The number of hydrogen-bond donors (Lipinski definition) is 6. The van der Waals surface area contributed by atoms with Crippen LogP contribution in [0.4, 0.5) is 11.9 Å². The molecule has 0 atom stereocenters. The van der Waals surface area contributed by atoms with Crippen LogP contribution in [0.5, 0.6) is 0 Å². The lowest BCUT2D eigenvalue weighted by Crippen LogP contribution is -2.44. The fraction of sp³-hybridized carbons (Fsp3) is 0.474. The number of likely N-dealkylation sites (N-methyl/N-ethyl adjacent to an activating group) is 1. The number of anilines is 2. The molecule has 2 aromatic heterocycles. The second-order valence-electron chi connectivity index (χ2n) is 11.9. The zero-order valence-electron chi connectivity index (χ0n) is 32.0. The van der Waals surface area contributed by atoms with Crippen molar-refractivity contribution in [2.75, 3.05) is 96.0 Å². The summed E-state index contributed by atoms with van der Waals surface area (Å²) in [5, 5.41) is 17.5. The summed E-state index contributed by atoms with van der Waals surface area (Å²) in [5.74, 6) is 0.199. The third-order valence-electron chi connectivity index (χ3n) is 7.51. The van der Waals surface area contributed by atoms with Crippen molar-refractivity contribution >= 4 is 59.8 Å². The molecule has 0 saturated carbocycles. The molecule has 0 bridgehead atoms. The van der Waals surface area contributed by atoms with E-state index in [-0.39, 0.29) is 76.0 Å². The number of nitrogens with one attached hydrogen (secondary N) is 6. The highest BCUT2D eigenvalue weighted by Gasteiger charge is 2.13. The van der Waals surface area contributed by atoms with Gasteiger partial charge in [-0.25, -0.2) is 19.9 Å². The standard InChI is InChI=1S/C38H57N11O6/c1-6-29-25-30(7-2)46-37(45-29)43-15-11-13-33(50)40-17-20-49(27-35(52)42-19-22-54-23-24-55-28-36(53)39-10-5)21-18-41-34(51)14-12-16-44-38-47-31(8-3)26-32(9-4)48-38/h6-9,25-26H,1-4,10-24,27-28H2,5H3,(H,39,53)(H,40,50)(H,41,51)(H,42,52)(H,43,45,46)(H,44,47,48). The SMILES string of the molecule is C=Cc1cc(C=C)nc(NCCCC(=O)NCCN(CCNC(=O)CCCNc2nc(C=C)cc(C=C)n2)CC(=O)NCCOCCOCC(=O)NCC)n1. The third-order valence-corrected chi connectivity index (χ3v) is 7.51. The molecule has 2 rings (SSSR count). The van der Waals surface area contributed by atoms with Crippen LogP contribution in [0.3, 0.4) is 0 Å². The first-order valence-corrected chi connectivity index (χ1v) is 18.4. The summed E-state index contributed by atoms with van der Waals surface area (Å²) in [6.07, 6.45) is 8.18. The minimum Gasteiger partial charge on any atom is -0.377 e. The summed E-state index contributed by atoms with van der Waals surface area (Å²) in [7, 11) is 0. The van der Waals surface area contributed by atoms with Crippen LogP contribution in [0, 0.1) is 0 Å². The highest BCUT2D eigenvalue weighted by Crippen LogP contribution is 2.09. The van der Waals surface area contributed by atoms with Gasteiger partial charge >= 0.3 is 0 Å². The number of amides is 4. The van der Waals surface area contributed by atoms with E-state index in [1.54, 1.807) is 36.4 Å². The normalized spacial score (nSPS) is 10.6. The molecule has 0 aromatic carbocycles. The van der Waals surface area contributed by atoms with Gasteiger partial charge in [-0.3, -0.25) is 24.1 Å². The highest BCUT2D eigenvalue weighted by molar-refractivity contribution is 5.78. The van der Waals surface area contributed by atoms with Gasteiger partial charge in [0.25, 0.3) is 0 Å². The molecular formula is C38H57N11O6. The maximum Gasteiger partial charge on any atom is 0.245 e. The first-order chi connectivity index (χ1) is 26.7. The number of rotatable bonds is 31. The molecule has 2 aromatic rings. The second kappa shape index (κ2) is 28.0. The van der Waals surface area contributed by atoms with E-state index in [4.69, 9.17) is 9.47 Å². The molecule has 2 heterocycles. The van der Waals surface area contributed by atoms with Gasteiger partial charge in [-0.2, -0.15) is 0 Å². The molecule has 0 spiro atoms. The van der Waals surface area contributed by atoms with Crippen LogP contribution in [0.2, 0.25) is 0 Å². The van der Waals surface area contributed by atoms with Crippen LogP contribution in [0.1, 0.15) is 55.4 Å². The first-order valence-electron chi connectivity index (χ1n) is 18.4. The molecule has 0 radical (unpaired) electrons. The molecule has 300 valence electrons. The van der Waals surface area contributed by atoms with Crippen molar-refractivity contribution in [3.8, 4) is 0 Å². The molecule has 4 amide bonds. The minimum atomic E-state index is -0.226. The van der Waals surface area contributed by atoms with E-state index in [0.717, 1.165) is 0 Å². The Bertz CT molecular complexity index is 1410. The molecule has 17 heteroatoms. The van der Waals surface area contributed by atoms with Crippen molar-refractivity contribution in [1.82, 2.24) is 46.1 Å². The van der Waals surface area contributed by atoms with E-state index in [2.05, 4.69) is 78.2 Å². The molecule has 6 N–H and O–H groups in total. The molecule has 0 aliphatic carbocycles. The highest BCUT2D eigenvalue weighted by atomic mass is 16.5. The van der Waals surface area contributed by atoms with Crippen LogP contribution in [-0.2, 0) is 28.7 Å². The number of aromatic nitrogens is 4. The Morgan fingerprint density at radius 2 is 1.05 bits per heavy atom. The van der Waals surface area contributed by atoms with Crippen molar-refractivity contribution in [3.05, 3.63) is 61.2 Å². The summed E-state index contributed by atoms with van der Waals surface area (Å²) in [5.41, 5.74) is 2.68. The average molecular weight is 764 g/mol. The van der Waals surface area contributed by atoms with E-state index in [0.29, 0.717) is 93.3 Å². The fourth-order valence-electron chi connectivity index (χ4n) is 4.75. The van der Waals surface area contributed by atoms with E-state index < -0.39 is 0 Å². The van der Waals surface area contributed by atoms with E-state index in [9.17, 15) is 19.2 Å². The maximum atomic E-state index is 12.8. The van der Waals surface area contributed by atoms with Crippen LogP contribution in [0.15, 0.2) is 38.4 Å². The molecular weight excluding hydrogens is 706 g/mol. The smallest absolute Gasteiger partial charge is 0.245 e. The van der Waals surface area contributed by atoms with Gasteiger partial charge in [0.2, 0.25) is 35.5 Å². The second-order valence-corrected chi connectivity index (χ2v) is 11.9. The lowest BCUT2D eigenvalue weighted by atomic mass is 10.3. The first kappa shape index (κ1) is 45.6. The van der Waals surface area contributed by atoms with Gasteiger partial charge in [-0.1, -0.05) is 26.3 Å². The minimum absolute atomic E-state index is 0.0328. The Morgan fingerprint density at radius 1 is 0.600 bits per heavy atom. The van der Waals surface area contributed by atoms with Gasteiger partial charge in [0, 0.05) is 65.2 Å². The van der Waals surface area contributed by atoms with Crippen molar-refractivity contribution in [2.45, 2.75) is 32.6 Å². The summed E-state index contributed by atoms with van der Waals surface area (Å²) in [6, 6.07) is 3.54. The average Bonchev–Trinajstić information content (AvgIpc) is 3.18. The quantitative estimate of drug-likeness (QED) is 0.0605. The number of hydrogen-bond acceptors (Lipinski definition) is 13. The van der Waals surface area contributed by atoms with Gasteiger partial charge in [0.05, 0.1) is 49.1 Å². The van der Waals surface area contributed by atoms with Gasteiger partial charge in [0.1, 0.15) is 6.61 Å². The molecule has 0 aliphatic rings. The monoisotopic (exact) mass is 763 g/mol. The molecule has 0 fully saturated rings. The van der Waals surface area contributed by atoms with Gasteiger partial charge < -0.3 is 41.4 Å². The van der Waals surface area contributed by atoms with Crippen molar-refractivity contribution < 1.29 is 28.7 Å². The molecule has 0 saturated heterocycles. The lowest BCUT2D eigenvalue weighted by molar-refractivity contribution is -0.126. The predicted octanol–water partition coefficient (Wildman–Crippen LogP) is 1.74. The number of nitrogens with zero attached hydrogens (tertiary/aromatic N) is 5. The molecule has 17 nitrogen and oxygen atoms in total. The van der Waals surface area contributed by atoms with Crippen molar-refractivity contribution in [1.29, 1.82) is 0 Å². The van der Waals surface area contributed by atoms with Crippen LogP contribution in [0.25, 0.3) is 24.3 Å². The largest absolute Gasteiger partial charge is 0.377 e. The summed E-state index contributed by atoms with van der Waals surface area (Å²) >= 11 is 0. The van der Waals surface area contributed by atoms with E-state index >= 15 is 0 Å². The lowest BCUT2D eigenvalue weighted by Gasteiger charge is -2.22. The van der Waals surface area contributed by atoms with Gasteiger partial charge in [-0.05, 0) is 56.2 Å². The number of carbonyl (C=O) groups is 4. The van der Waals surface area contributed by atoms with Crippen molar-refractivity contribution in [3.63, 3.8) is 0 Å². The number of carbonyl (C=O) groups excluding carboxylic acids is 4. The Kier molecular flexibility index (Phi) is 23.2.